The predicted octanol–water partition coefficient (Wildman–Crippen LogP) is 3.11. The third-order valence-electron chi connectivity index (χ3n) is 4.94. The zero-order valence-electron chi connectivity index (χ0n) is 16.0. The van der Waals surface area contributed by atoms with Crippen LogP contribution in [0.4, 0.5) is 4.39 Å². The summed E-state index contributed by atoms with van der Waals surface area (Å²) < 4.78 is 40.9. The molecule has 3 rings (SSSR count). The lowest BCUT2D eigenvalue weighted by atomic mass is 9.93. The number of halogens is 1. The van der Waals surface area contributed by atoms with E-state index in [0.29, 0.717) is 19.5 Å². The van der Waals surface area contributed by atoms with Gasteiger partial charge in [-0.1, -0.05) is 12.1 Å². The van der Waals surface area contributed by atoms with E-state index in [-0.39, 0.29) is 11.7 Å². The Bertz CT molecular complexity index is 898. The molecule has 1 atom stereocenters. The van der Waals surface area contributed by atoms with E-state index in [2.05, 4.69) is 11.1 Å². The topological polar surface area (TPSA) is 53.5 Å². The summed E-state index contributed by atoms with van der Waals surface area (Å²) in [5.74, 6) is -0.157. The van der Waals surface area contributed by atoms with Crippen LogP contribution in [-0.4, -0.2) is 49.2 Å². The van der Waals surface area contributed by atoms with E-state index in [4.69, 9.17) is 0 Å². The van der Waals surface area contributed by atoms with Gasteiger partial charge in [0.1, 0.15) is 5.82 Å². The van der Waals surface area contributed by atoms with E-state index in [1.165, 1.54) is 16.4 Å². The van der Waals surface area contributed by atoms with Crippen molar-refractivity contribution in [2.24, 2.45) is 0 Å². The molecule has 0 aliphatic carbocycles. The van der Waals surface area contributed by atoms with Crippen molar-refractivity contribution in [3.63, 3.8) is 0 Å². The highest BCUT2D eigenvalue weighted by Gasteiger charge is 2.31. The molecule has 5 nitrogen and oxygen atoms in total. The number of aromatic nitrogens is 1. The molecule has 0 saturated carbocycles. The van der Waals surface area contributed by atoms with Crippen molar-refractivity contribution in [1.29, 1.82) is 0 Å². The van der Waals surface area contributed by atoms with Crippen LogP contribution in [0.3, 0.4) is 0 Å². The Morgan fingerprint density at radius 2 is 1.89 bits per heavy atom. The van der Waals surface area contributed by atoms with Gasteiger partial charge in [0.25, 0.3) is 10.2 Å². The zero-order chi connectivity index (χ0) is 19.6. The third-order valence-corrected chi connectivity index (χ3v) is 6.85. The number of rotatable bonds is 5. The van der Waals surface area contributed by atoms with Crippen molar-refractivity contribution in [3.05, 3.63) is 64.7 Å². The van der Waals surface area contributed by atoms with Crippen molar-refractivity contribution >= 4 is 10.2 Å². The number of hydrogen-bond acceptors (Lipinski definition) is 3. The van der Waals surface area contributed by atoms with Gasteiger partial charge in [0.05, 0.1) is 0 Å². The largest absolute Gasteiger partial charge is 0.281 e. The molecule has 2 aromatic rings. The number of hydrogen-bond donors (Lipinski definition) is 0. The Morgan fingerprint density at radius 1 is 1.19 bits per heavy atom. The van der Waals surface area contributed by atoms with Crippen molar-refractivity contribution in [2.45, 2.75) is 32.1 Å². The average Bonchev–Trinajstić information content (AvgIpc) is 2.63. The van der Waals surface area contributed by atoms with Crippen molar-refractivity contribution in [2.75, 3.05) is 27.2 Å². The van der Waals surface area contributed by atoms with Crippen molar-refractivity contribution < 1.29 is 12.8 Å². The number of pyridine rings is 1. The van der Waals surface area contributed by atoms with Crippen molar-refractivity contribution in [3.8, 4) is 0 Å². The van der Waals surface area contributed by atoms with E-state index >= 15 is 0 Å². The number of piperidine rings is 1. The predicted molar refractivity (Wildman–Crippen MR) is 104 cm³/mol. The smallest absolute Gasteiger partial charge is 0.258 e. The van der Waals surface area contributed by atoms with E-state index in [9.17, 15) is 12.8 Å². The quantitative estimate of drug-likeness (QED) is 0.787. The Kier molecular flexibility index (Phi) is 5.93. The standard InChI is InChI=1S/C20H26FN3O2S/c1-15-11-17(12-16-6-8-19(21)9-7-16)13-20(22-15)18-5-4-10-24(14-18)27(25,26)23(2)3/h6-9,11,13,18H,4-5,10,12,14H2,1-3H3/t18-/m0/s1. The van der Waals surface area contributed by atoms with E-state index in [1.807, 2.05) is 13.0 Å². The van der Waals surface area contributed by atoms with E-state index in [0.717, 1.165) is 35.4 Å². The molecule has 0 N–H and O–H groups in total. The Hall–Kier alpha value is -1.83. The third kappa shape index (κ3) is 4.72. The molecule has 2 heterocycles. The highest BCUT2D eigenvalue weighted by Crippen LogP contribution is 2.29. The second kappa shape index (κ2) is 8.04. The molecule has 1 aromatic heterocycles. The van der Waals surface area contributed by atoms with Gasteiger partial charge in [0.2, 0.25) is 0 Å². The number of benzene rings is 1. The highest BCUT2D eigenvalue weighted by atomic mass is 32.2. The summed E-state index contributed by atoms with van der Waals surface area (Å²) in [5, 5.41) is 0. The zero-order valence-corrected chi connectivity index (χ0v) is 16.8. The molecule has 0 radical (unpaired) electrons. The maximum absolute atomic E-state index is 13.1. The van der Waals surface area contributed by atoms with Crippen LogP contribution in [0.5, 0.6) is 0 Å². The summed E-state index contributed by atoms with van der Waals surface area (Å²) in [6.45, 7) is 2.95. The fraction of sp³-hybridized carbons (Fsp3) is 0.450. The summed E-state index contributed by atoms with van der Waals surface area (Å²) in [6, 6.07) is 10.6. The van der Waals surface area contributed by atoms with Crippen LogP contribution in [-0.2, 0) is 16.6 Å². The first-order valence-corrected chi connectivity index (χ1v) is 10.5. The minimum Gasteiger partial charge on any atom is -0.258 e. The first-order chi connectivity index (χ1) is 12.8. The Labute approximate surface area is 161 Å². The molecule has 1 aliphatic heterocycles. The minimum atomic E-state index is -3.41. The fourth-order valence-electron chi connectivity index (χ4n) is 3.54. The number of nitrogens with zero attached hydrogens (tertiary/aromatic N) is 3. The summed E-state index contributed by atoms with van der Waals surface area (Å²) in [6.07, 6.45) is 2.44. The van der Waals surface area contributed by atoms with Crippen LogP contribution in [0.1, 0.15) is 41.3 Å². The van der Waals surface area contributed by atoms with Crippen LogP contribution >= 0.6 is 0 Å². The first-order valence-electron chi connectivity index (χ1n) is 9.15. The summed E-state index contributed by atoms with van der Waals surface area (Å²) in [7, 11) is -0.290. The fourth-order valence-corrected chi connectivity index (χ4v) is 4.73. The highest BCUT2D eigenvalue weighted by molar-refractivity contribution is 7.86. The molecule has 7 heteroatoms. The van der Waals surface area contributed by atoms with Gasteiger partial charge in [-0.15, -0.1) is 0 Å². The van der Waals surface area contributed by atoms with Crippen LogP contribution < -0.4 is 0 Å². The van der Waals surface area contributed by atoms with Gasteiger partial charge in [-0.25, -0.2) is 4.39 Å². The lowest BCUT2D eigenvalue weighted by molar-refractivity contribution is 0.296. The van der Waals surface area contributed by atoms with Crippen LogP contribution in [0.2, 0.25) is 0 Å². The lowest BCUT2D eigenvalue weighted by Crippen LogP contribution is -2.45. The van der Waals surface area contributed by atoms with Crippen LogP contribution in [0, 0.1) is 12.7 Å². The molecule has 1 aromatic carbocycles. The normalized spacial score (nSPS) is 18.8. The van der Waals surface area contributed by atoms with Gasteiger partial charge >= 0.3 is 0 Å². The Morgan fingerprint density at radius 3 is 2.56 bits per heavy atom. The molecule has 146 valence electrons. The molecule has 27 heavy (non-hydrogen) atoms. The van der Waals surface area contributed by atoms with Gasteiger partial charge in [0.15, 0.2) is 0 Å². The SMILES string of the molecule is Cc1cc(Cc2ccc(F)cc2)cc([C@H]2CCCN(S(=O)(=O)N(C)C)C2)n1. The summed E-state index contributed by atoms with van der Waals surface area (Å²) in [5.41, 5.74) is 3.99. The molecule has 0 unspecified atom stereocenters. The second-order valence-electron chi connectivity index (χ2n) is 7.33. The van der Waals surface area contributed by atoms with Gasteiger partial charge in [-0.3, -0.25) is 4.98 Å². The second-order valence-corrected chi connectivity index (χ2v) is 9.47. The number of aryl methyl sites for hydroxylation is 1. The molecular formula is C20H26FN3O2S. The molecule has 0 amide bonds. The summed E-state index contributed by atoms with van der Waals surface area (Å²) >= 11 is 0. The van der Waals surface area contributed by atoms with Gasteiger partial charge < -0.3 is 0 Å². The van der Waals surface area contributed by atoms with Crippen LogP contribution in [0.25, 0.3) is 0 Å². The molecular weight excluding hydrogens is 365 g/mol. The van der Waals surface area contributed by atoms with Gasteiger partial charge in [0, 0.05) is 44.5 Å². The molecule has 1 aliphatic rings. The maximum Gasteiger partial charge on any atom is 0.281 e. The molecule has 1 saturated heterocycles. The Balaban J connectivity index is 1.82. The van der Waals surface area contributed by atoms with E-state index in [1.54, 1.807) is 30.5 Å². The monoisotopic (exact) mass is 391 g/mol. The molecule has 0 bridgehead atoms. The van der Waals surface area contributed by atoms with E-state index < -0.39 is 10.2 Å². The van der Waals surface area contributed by atoms with Gasteiger partial charge in [-0.2, -0.15) is 17.0 Å². The van der Waals surface area contributed by atoms with Gasteiger partial charge in [-0.05, 0) is 61.6 Å². The summed E-state index contributed by atoms with van der Waals surface area (Å²) in [4.78, 5) is 4.68. The van der Waals surface area contributed by atoms with Crippen molar-refractivity contribution in [1.82, 2.24) is 13.6 Å². The maximum atomic E-state index is 13.1. The average molecular weight is 392 g/mol. The first kappa shape index (κ1) is 19.9. The van der Waals surface area contributed by atoms with Crippen LogP contribution in [0.15, 0.2) is 36.4 Å². The minimum absolute atomic E-state index is 0.0837. The molecule has 0 spiro atoms. The molecule has 1 fully saturated rings. The lowest BCUT2D eigenvalue weighted by Gasteiger charge is -2.33.